The van der Waals surface area contributed by atoms with Gasteiger partial charge in [0.1, 0.15) is 17.2 Å². The molecule has 0 bridgehead atoms. The number of ether oxygens (including phenoxy) is 1. The van der Waals surface area contributed by atoms with Gasteiger partial charge < -0.3 is 10.1 Å². The fourth-order valence-corrected chi connectivity index (χ4v) is 3.72. The van der Waals surface area contributed by atoms with Gasteiger partial charge in [-0.2, -0.15) is 0 Å². The lowest BCUT2D eigenvalue weighted by Crippen LogP contribution is -2.46. The topological polar surface area (TPSA) is 71.0 Å². The molecule has 1 N–H and O–H groups in total. The summed E-state index contributed by atoms with van der Waals surface area (Å²) < 4.78 is 18.0. The summed E-state index contributed by atoms with van der Waals surface area (Å²) in [7, 11) is 1.60. The van der Waals surface area contributed by atoms with E-state index in [9.17, 15) is 14.0 Å². The van der Waals surface area contributed by atoms with Crippen LogP contribution in [0.25, 0.3) is 0 Å². The van der Waals surface area contributed by atoms with E-state index in [4.69, 9.17) is 4.74 Å². The van der Waals surface area contributed by atoms with Crippen LogP contribution < -0.4 is 5.32 Å². The summed E-state index contributed by atoms with van der Waals surface area (Å²) in [6.45, 7) is 2.81. The molecule has 26 heavy (non-hydrogen) atoms. The van der Waals surface area contributed by atoms with Crippen LogP contribution in [-0.2, 0) is 14.3 Å². The fourth-order valence-electron chi connectivity index (χ4n) is 3.72. The number of methoxy groups -OCH3 is 1. The second-order valence-corrected chi connectivity index (χ2v) is 6.91. The first-order valence-electron chi connectivity index (χ1n) is 8.89. The molecule has 1 heterocycles. The van der Waals surface area contributed by atoms with Gasteiger partial charge in [-0.3, -0.25) is 19.5 Å². The maximum absolute atomic E-state index is 13.0. The SMILES string of the molecule is COCCN1C(=O)C2(CCC(C(=O)Nc3ccc(F)cc3)CC2)N=C1C. The highest BCUT2D eigenvalue weighted by molar-refractivity contribution is 6.07. The Labute approximate surface area is 152 Å². The van der Waals surface area contributed by atoms with Crippen LogP contribution in [-0.4, -0.2) is 48.4 Å². The van der Waals surface area contributed by atoms with Crippen LogP contribution in [0.5, 0.6) is 0 Å². The maximum atomic E-state index is 13.0. The Morgan fingerprint density at radius 3 is 2.62 bits per heavy atom. The van der Waals surface area contributed by atoms with Crippen molar-refractivity contribution >= 4 is 23.3 Å². The molecule has 1 aliphatic carbocycles. The van der Waals surface area contributed by atoms with E-state index in [0.29, 0.717) is 44.5 Å². The van der Waals surface area contributed by atoms with Gasteiger partial charge in [-0.05, 0) is 56.9 Å². The Morgan fingerprint density at radius 2 is 2.00 bits per heavy atom. The molecule has 1 fully saturated rings. The summed E-state index contributed by atoms with van der Waals surface area (Å²) >= 11 is 0. The number of amidine groups is 1. The summed E-state index contributed by atoms with van der Waals surface area (Å²) in [5, 5.41) is 2.82. The lowest BCUT2D eigenvalue weighted by Gasteiger charge is -2.33. The number of rotatable bonds is 5. The number of halogens is 1. The van der Waals surface area contributed by atoms with Crippen molar-refractivity contribution in [3.63, 3.8) is 0 Å². The Morgan fingerprint density at radius 1 is 1.35 bits per heavy atom. The average molecular weight is 361 g/mol. The molecule has 1 aromatic rings. The zero-order valence-corrected chi connectivity index (χ0v) is 15.1. The zero-order valence-electron chi connectivity index (χ0n) is 15.1. The lowest BCUT2D eigenvalue weighted by molar-refractivity contribution is -0.134. The molecule has 0 unspecified atom stereocenters. The van der Waals surface area contributed by atoms with Crippen molar-refractivity contribution in [2.75, 3.05) is 25.6 Å². The van der Waals surface area contributed by atoms with Crippen LogP contribution >= 0.6 is 0 Å². The van der Waals surface area contributed by atoms with E-state index in [2.05, 4.69) is 10.3 Å². The van der Waals surface area contributed by atoms with Crippen LogP contribution in [0.1, 0.15) is 32.6 Å². The summed E-state index contributed by atoms with van der Waals surface area (Å²) in [6.07, 6.45) is 2.34. The summed E-state index contributed by atoms with van der Waals surface area (Å²) in [6, 6.07) is 5.71. The van der Waals surface area contributed by atoms with Gasteiger partial charge in [0.2, 0.25) is 5.91 Å². The van der Waals surface area contributed by atoms with Crippen LogP contribution in [0, 0.1) is 11.7 Å². The van der Waals surface area contributed by atoms with Crippen molar-refractivity contribution in [1.82, 2.24) is 4.90 Å². The third-order valence-corrected chi connectivity index (χ3v) is 5.22. The molecular formula is C19H24FN3O3. The first-order chi connectivity index (χ1) is 12.4. The number of benzene rings is 1. The fraction of sp³-hybridized carbons (Fsp3) is 0.526. The Balaban J connectivity index is 1.59. The number of nitrogens with one attached hydrogen (secondary N) is 1. The highest BCUT2D eigenvalue weighted by atomic mass is 19.1. The number of hydrogen-bond acceptors (Lipinski definition) is 4. The first kappa shape index (κ1) is 18.5. The third-order valence-electron chi connectivity index (χ3n) is 5.22. The molecule has 0 aromatic heterocycles. The first-order valence-corrected chi connectivity index (χ1v) is 8.89. The minimum Gasteiger partial charge on any atom is -0.383 e. The molecule has 2 amide bonds. The van der Waals surface area contributed by atoms with Crippen molar-refractivity contribution < 1.29 is 18.7 Å². The minimum atomic E-state index is -0.718. The van der Waals surface area contributed by atoms with Crippen molar-refractivity contribution in [3.05, 3.63) is 30.1 Å². The Kier molecular flexibility index (Phi) is 5.36. The molecule has 1 spiro atoms. The molecule has 6 nitrogen and oxygen atoms in total. The number of aliphatic imine (C=N–C) groups is 1. The van der Waals surface area contributed by atoms with E-state index >= 15 is 0 Å². The van der Waals surface area contributed by atoms with E-state index in [-0.39, 0.29) is 23.5 Å². The molecule has 1 aromatic carbocycles. The number of anilines is 1. The van der Waals surface area contributed by atoms with Crippen LogP contribution in [0.2, 0.25) is 0 Å². The average Bonchev–Trinajstić information content (AvgIpc) is 2.85. The number of amides is 2. The van der Waals surface area contributed by atoms with Crippen molar-refractivity contribution in [2.24, 2.45) is 10.9 Å². The maximum Gasteiger partial charge on any atom is 0.255 e. The normalized spacial score (nSPS) is 25.5. The lowest BCUT2D eigenvalue weighted by atomic mass is 9.76. The van der Waals surface area contributed by atoms with Crippen molar-refractivity contribution in [1.29, 1.82) is 0 Å². The standard InChI is InChI=1S/C19H24FN3O3/c1-13-22-19(18(25)23(13)11-12-26-2)9-7-14(8-10-19)17(24)21-16-5-3-15(20)4-6-16/h3-6,14H,7-12H2,1-2H3,(H,21,24). The summed E-state index contributed by atoms with van der Waals surface area (Å²) in [5.41, 5.74) is -0.141. The van der Waals surface area contributed by atoms with E-state index in [1.807, 2.05) is 6.92 Å². The van der Waals surface area contributed by atoms with Crippen LogP contribution in [0.4, 0.5) is 10.1 Å². The molecule has 2 aliphatic rings. The second-order valence-electron chi connectivity index (χ2n) is 6.91. The molecule has 140 valence electrons. The predicted molar refractivity (Wildman–Crippen MR) is 96.4 cm³/mol. The molecule has 7 heteroatoms. The second kappa shape index (κ2) is 7.53. The summed E-state index contributed by atoms with van der Waals surface area (Å²) in [4.78, 5) is 31.6. The predicted octanol–water partition coefficient (Wildman–Crippen LogP) is 2.60. The molecule has 3 rings (SSSR count). The van der Waals surface area contributed by atoms with Crippen molar-refractivity contribution in [2.45, 2.75) is 38.1 Å². The third kappa shape index (κ3) is 3.62. The van der Waals surface area contributed by atoms with Gasteiger partial charge in [-0.1, -0.05) is 0 Å². The van der Waals surface area contributed by atoms with E-state index in [1.165, 1.54) is 12.1 Å². The van der Waals surface area contributed by atoms with Crippen molar-refractivity contribution in [3.8, 4) is 0 Å². The van der Waals surface area contributed by atoms with Gasteiger partial charge in [0.15, 0.2) is 0 Å². The quantitative estimate of drug-likeness (QED) is 0.876. The van der Waals surface area contributed by atoms with Gasteiger partial charge >= 0.3 is 0 Å². The van der Waals surface area contributed by atoms with Gasteiger partial charge in [-0.25, -0.2) is 4.39 Å². The highest BCUT2D eigenvalue weighted by Gasteiger charge is 2.49. The molecule has 0 radical (unpaired) electrons. The minimum absolute atomic E-state index is 0.0180. The Bertz CT molecular complexity index is 709. The van der Waals surface area contributed by atoms with Gasteiger partial charge in [-0.15, -0.1) is 0 Å². The molecule has 0 saturated heterocycles. The molecular weight excluding hydrogens is 337 g/mol. The number of carbonyl (C=O) groups is 2. The molecule has 1 aliphatic heterocycles. The van der Waals surface area contributed by atoms with E-state index in [0.717, 1.165) is 5.84 Å². The largest absolute Gasteiger partial charge is 0.383 e. The zero-order chi connectivity index (χ0) is 18.7. The number of hydrogen-bond donors (Lipinski definition) is 1. The molecule has 0 atom stereocenters. The Hall–Kier alpha value is -2.28. The number of carbonyl (C=O) groups excluding carboxylic acids is 2. The number of nitrogens with zero attached hydrogens (tertiary/aromatic N) is 2. The monoisotopic (exact) mass is 361 g/mol. The van der Waals surface area contributed by atoms with Gasteiger partial charge in [0.25, 0.3) is 5.91 Å². The van der Waals surface area contributed by atoms with Crippen LogP contribution in [0.15, 0.2) is 29.3 Å². The molecule has 1 saturated carbocycles. The highest BCUT2D eigenvalue weighted by Crippen LogP contribution is 2.40. The smallest absolute Gasteiger partial charge is 0.255 e. The van der Waals surface area contributed by atoms with Gasteiger partial charge in [0, 0.05) is 18.7 Å². The van der Waals surface area contributed by atoms with E-state index in [1.54, 1.807) is 24.1 Å². The van der Waals surface area contributed by atoms with Gasteiger partial charge in [0.05, 0.1) is 13.2 Å². The summed E-state index contributed by atoms with van der Waals surface area (Å²) in [5.74, 6) is 0.148. The van der Waals surface area contributed by atoms with E-state index < -0.39 is 5.54 Å². The van der Waals surface area contributed by atoms with Crippen LogP contribution in [0.3, 0.4) is 0 Å².